The van der Waals surface area contributed by atoms with Gasteiger partial charge < -0.3 is 24.4 Å². The topological polar surface area (TPSA) is 96.4 Å². The number of hydrogen-bond donors (Lipinski definition) is 1. The van der Waals surface area contributed by atoms with Crippen molar-refractivity contribution in [3.63, 3.8) is 0 Å². The molecule has 8 heteroatoms. The molecule has 4 rings (SSSR count). The molecule has 2 amide bonds. The van der Waals surface area contributed by atoms with Crippen LogP contribution < -0.4 is 9.64 Å². The Morgan fingerprint density at radius 2 is 1.74 bits per heavy atom. The Bertz CT molecular complexity index is 1160. The number of nitrogens with zero attached hydrogens (tertiary/aromatic N) is 2. The lowest BCUT2D eigenvalue weighted by Gasteiger charge is -2.34. The molecular weight excluding hydrogens is 436 g/mol. The van der Waals surface area contributed by atoms with Gasteiger partial charge >= 0.3 is 0 Å². The average Bonchev–Trinajstić information content (AvgIpc) is 3.22. The van der Waals surface area contributed by atoms with E-state index >= 15 is 0 Å². The second kappa shape index (κ2) is 9.30. The normalized spacial score (nSPS) is 21.0. The highest BCUT2D eigenvalue weighted by Gasteiger charge is 2.66. The summed E-state index contributed by atoms with van der Waals surface area (Å²) >= 11 is 0. The number of carbonyl (C=O) groups excluding carboxylic acids is 3. The monoisotopic (exact) mass is 464 g/mol. The second-order valence-corrected chi connectivity index (χ2v) is 8.09. The minimum absolute atomic E-state index is 0.121. The van der Waals surface area contributed by atoms with Crippen molar-refractivity contribution in [3.8, 4) is 5.75 Å². The zero-order chi connectivity index (χ0) is 24.5. The standard InChI is InChI=1S/C26H28N2O6/c1-4-27-20-10-7-6-9-19(20)26(25(27)32)21(23(30)24(31)28(26)15-8-16-33-3)22(29)17-11-13-18(14-12-17)34-5-2/h6-7,9-14,29H,4-5,8,15-16H2,1-3H3/t26-/m1/s1. The number of aliphatic hydroxyl groups excluding tert-OH is 1. The molecule has 0 unspecified atom stereocenters. The molecule has 0 radical (unpaired) electrons. The minimum Gasteiger partial charge on any atom is -0.507 e. The third-order valence-corrected chi connectivity index (χ3v) is 6.29. The molecular formula is C26H28N2O6. The highest BCUT2D eigenvalue weighted by atomic mass is 16.5. The first-order valence-electron chi connectivity index (χ1n) is 11.4. The number of benzene rings is 2. The number of rotatable bonds is 8. The molecule has 8 nitrogen and oxygen atoms in total. The Morgan fingerprint density at radius 1 is 1.03 bits per heavy atom. The van der Waals surface area contributed by atoms with Crippen molar-refractivity contribution in [1.29, 1.82) is 0 Å². The minimum atomic E-state index is -1.74. The highest BCUT2D eigenvalue weighted by Crippen LogP contribution is 2.53. The quantitative estimate of drug-likeness (QED) is 0.279. The summed E-state index contributed by atoms with van der Waals surface area (Å²) in [5, 5.41) is 11.4. The summed E-state index contributed by atoms with van der Waals surface area (Å²) in [5.74, 6) is -1.92. The molecule has 2 heterocycles. The van der Waals surface area contributed by atoms with Crippen molar-refractivity contribution >= 4 is 29.0 Å². The fourth-order valence-corrected chi connectivity index (χ4v) is 4.87. The first-order valence-corrected chi connectivity index (χ1v) is 11.4. The van der Waals surface area contributed by atoms with Crippen molar-refractivity contribution in [2.45, 2.75) is 25.8 Å². The number of carbonyl (C=O) groups is 3. The summed E-state index contributed by atoms with van der Waals surface area (Å²) in [5.41, 5.74) is -0.514. The van der Waals surface area contributed by atoms with E-state index in [4.69, 9.17) is 9.47 Å². The molecule has 2 aromatic carbocycles. The van der Waals surface area contributed by atoms with E-state index in [0.29, 0.717) is 48.7 Å². The van der Waals surface area contributed by atoms with Crippen LogP contribution in [0.25, 0.3) is 5.76 Å². The number of ether oxygens (including phenoxy) is 2. The molecule has 1 saturated heterocycles. The van der Waals surface area contributed by atoms with Gasteiger partial charge in [0.05, 0.1) is 17.9 Å². The van der Waals surface area contributed by atoms with Gasteiger partial charge in [0.2, 0.25) is 0 Å². The summed E-state index contributed by atoms with van der Waals surface area (Å²) in [6.45, 7) is 5.00. The second-order valence-electron chi connectivity index (χ2n) is 8.09. The molecule has 1 N–H and O–H groups in total. The maximum Gasteiger partial charge on any atom is 0.296 e. The molecule has 0 aliphatic carbocycles. The van der Waals surface area contributed by atoms with E-state index in [9.17, 15) is 19.5 Å². The van der Waals surface area contributed by atoms with Gasteiger partial charge in [-0.1, -0.05) is 18.2 Å². The van der Waals surface area contributed by atoms with E-state index in [1.807, 2.05) is 13.8 Å². The molecule has 34 heavy (non-hydrogen) atoms. The smallest absolute Gasteiger partial charge is 0.296 e. The summed E-state index contributed by atoms with van der Waals surface area (Å²) < 4.78 is 10.6. The van der Waals surface area contributed by atoms with E-state index in [1.54, 1.807) is 60.5 Å². The number of fused-ring (bicyclic) bond motifs is 2. The first kappa shape index (κ1) is 23.5. The fraction of sp³-hybridized carbons (Fsp3) is 0.346. The third kappa shape index (κ3) is 3.37. The number of aliphatic hydroxyl groups is 1. The molecule has 178 valence electrons. The number of amides is 2. The van der Waals surface area contributed by atoms with Crippen LogP contribution in [-0.2, 0) is 24.7 Å². The largest absolute Gasteiger partial charge is 0.507 e. The van der Waals surface area contributed by atoms with Crippen molar-refractivity contribution < 1.29 is 29.0 Å². The van der Waals surface area contributed by atoms with E-state index in [-0.39, 0.29) is 12.1 Å². The fourth-order valence-electron chi connectivity index (χ4n) is 4.87. The van der Waals surface area contributed by atoms with Gasteiger partial charge in [-0.15, -0.1) is 0 Å². The van der Waals surface area contributed by atoms with Gasteiger partial charge in [-0.2, -0.15) is 0 Å². The van der Waals surface area contributed by atoms with Crippen LogP contribution in [0.4, 0.5) is 5.69 Å². The number of Topliss-reactive ketones (excluding diaryl/α,β-unsaturated/α-hetero) is 1. The van der Waals surface area contributed by atoms with Crippen LogP contribution in [-0.4, -0.2) is 61.0 Å². The molecule has 2 aromatic rings. The van der Waals surface area contributed by atoms with Gasteiger partial charge in [0, 0.05) is 37.9 Å². The molecule has 1 fully saturated rings. The van der Waals surface area contributed by atoms with Crippen LogP contribution in [0.1, 0.15) is 31.4 Å². The molecule has 2 aliphatic heterocycles. The van der Waals surface area contributed by atoms with Crippen LogP contribution in [0.2, 0.25) is 0 Å². The van der Waals surface area contributed by atoms with Crippen LogP contribution in [0.15, 0.2) is 54.1 Å². The molecule has 0 saturated carbocycles. The zero-order valence-corrected chi connectivity index (χ0v) is 19.5. The lowest BCUT2D eigenvalue weighted by atomic mass is 9.82. The number of likely N-dealkylation sites (tertiary alicyclic amines) is 1. The Morgan fingerprint density at radius 3 is 2.38 bits per heavy atom. The Kier molecular flexibility index (Phi) is 6.43. The summed E-state index contributed by atoms with van der Waals surface area (Å²) in [7, 11) is 1.55. The predicted octanol–water partition coefficient (Wildman–Crippen LogP) is 3.06. The van der Waals surface area contributed by atoms with Gasteiger partial charge in [-0.25, -0.2) is 0 Å². The Hall–Kier alpha value is -3.65. The van der Waals surface area contributed by atoms with E-state index in [0.717, 1.165) is 0 Å². The maximum atomic E-state index is 14.0. The number of anilines is 1. The van der Waals surface area contributed by atoms with Gasteiger partial charge in [0.25, 0.3) is 17.6 Å². The average molecular weight is 465 g/mol. The van der Waals surface area contributed by atoms with Crippen molar-refractivity contribution in [1.82, 2.24) is 4.90 Å². The van der Waals surface area contributed by atoms with Crippen molar-refractivity contribution in [3.05, 3.63) is 65.2 Å². The zero-order valence-electron chi connectivity index (χ0n) is 19.5. The molecule has 1 spiro atoms. The number of methoxy groups -OCH3 is 1. The summed E-state index contributed by atoms with van der Waals surface area (Å²) in [6.07, 6.45) is 0.427. The summed E-state index contributed by atoms with van der Waals surface area (Å²) in [4.78, 5) is 43.6. The molecule has 0 aromatic heterocycles. The van der Waals surface area contributed by atoms with Crippen LogP contribution >= 0.6 is 0 Å². The van der Waals surface area contributed by atoms with Crippen LogP contribution in [0.3, 0.4) is 0 Å². The lowest BCUT2D eigenvalue weighted by Crippen LogP contribution is -2.52. The number of likely N-dealkylation sites (N-methyl/N-ethyl adjacent to an activating group) is 1. The number of para-hydroxylation sites is 1. The van der Waals surface area contributed by atoms with Crippen molar-refractivity contribution in [2.75, 3.05) is 38.3 Å². The molecule has 1 atom stereocenters. The molecule has 2 aliphatic rings. The van der Waals surface area contributed by atoms with E-state index in [2.05, 4.69) is 0 Å². The molecule has 0 bridgehead atoms. The first-order chi connectivity index (χ1) is 16.4. The van der Waals surface area contributed by atoms with Crippen LogP contribution in [0.5, 0.6) is 5.75 Å². The maximum absolute atomic E-state index is 14.0. The highest BCUT2D eigenvalue weighted by molar-refractivity contribution is 6.50. The van der Waals surface area contributed by atoms with Gasteiger partial charge in [0.15, 0.2) is 5.54 Å². The summed E-state index contributed by atoms with van der Waals surface area (Å²) in [6, 6.07) is 13.6. The van der Waals surface area contributed by atoms with E-state index < -0.39 is 28.9 Å². The number of ketones is 1. The Balaban J connectivity index is 1.97. The predicted molar refractivity (Wildman–Crippen MR) is 127 cm³/mol. The number of hydrogen-bond acceptors (Lipinski definition) is 6. The van der Waals surface area contributed by atoms with E-state index in [1.165, 1.54) is 4.90 Å². The van der Waals surface area contributed by atoms with Gasteiger partial charge in [-0.05, 0) is 50.6 Å². The lowest BCUT2D eigenvalue weighted by molar-refractivity contribution is -0.143. The van der Waals surface area contributed by atoms with Crippen molar-refractivity contribution in [2.24, 2.45) is 0 Å². The Labute approximate surface area is 198 Å². The van der Waals surface area contributed by atoms with Gasteiger partial charge in [-0.3, -0.25) is 14.4 Å². The third-order valence-electron chi connectivity index (χ3n) is 6.29. The van der Waals surface area contributed by atoms with Gasteiger partial charge in [0.1, 0.15) is 11.5 Å². The van der Waals surface area contributed by atoms with Crippen LogP contribution in [0, 0.1) is 0 Å². The SMILES string of the molecule is CCOc1ccc(C(O)=C2C(=O)C(=O)N(CCCOC)[C@@]23C(=O)N(CC)c2ccccc23)cc1.